The summed E-state index contributed by atoms with van der Waals surface area (Å²) in [5, 5.41) is 7.69. The summed E-state index contributed by atoms with van der Waals surface area (Å²) in [5.74, 6) is 2.26. The minimum absolute atomic E-state index is 0.0289. The Morgan fingerprint density at radius 2 is 1.87 bits per heavy atom. The number of aryl methyl sites for hydroxylation is 3. The van der Waals surface area contributed by atoms with Crippen molar-refractivity contribution in [3.8, 4) is 11.7 Å². The molecule has 0 aliphatic carbocycles. The van der Waals surface area contributed by atoms with Gasteiger partial charge in [0, 0.05) is 17.0 Å². The fourth-order valence-electron chi connectivity index (χ4n) is 3.55. The van der Waals surface area contributed by atoms with Gasteiger partial charge in [0.2, 0.25) is 5.91 Å². The van der Waals surface area contributed by atoms with E-state index >= 15 is 0 Å². The maximum absolute atomic E-state index is 12.5. The monoisotopic (exact) mass is 423 g/mol. The molecule has 156 valence electrons. The van der Waals surface area contributed by atoms with Gasteiger partial charge in [0.15, 0.2) is 0 Å². The highest BCUT2D eigenvalue weighted by atomic mass is 32.2. The summed E-state index contributed by atoms with van der Waals surface area (Å²) in [6.45, 7) is 8.59. The van der Waals surface area contributed by atoms with Gasteiger partial charge >= 0.3 is 0 Å². The molecule has 0 saturated carbocycles. The number of thioether (sulfide) groups is 1. The van der Waals surface area contributed by atoms with Crippen LogP contribution in [-0.2, 0) is 4.79 Å². The summed E-state index contributed by atoms with van der Waals surface area (Å²) in [5.41, 5.74) is 4.64. The third-order valence-corrected chi connectivity index (χ3v) is 6.09. The average Bonchev–Trinajstić information content (AvgIpc) is 2.92. The Morgan fingerprint density at radius 3 is 2.53 bits per heavy atom. The van der Waals surface area contributed by atoms with Crippen molar-refractivity contribution in [1.29, 1.82) is 0 Å². The summed E-state index contributed by atoms with van der Waals surface area (Å²) in [6, 6.07) is 10.0. The molecule has 1 atom stereocenters. The van der Waals surface area contributed by atoms with Crippen LogP contribution in [0.1, 0.15) is 46.8 Å². The lowest BCUT2D eigenvalue weighted by Gasteiger charge is -2.16. The van der Waals surface area contributed by atoms with Gasteiger partial charge in [-0.15, -0.1) is 11.8 Å². The predicted octanol–water partition coefficient (Wildman–Crippen LogP) is 4.15. The highest BCUT2D eigenvalue weighted by Crippen LogP contribution is 2.43. The Balaban J connectivity index is 1.78. The third kappa shape index (κ3) is 4.05. The minimum atomic E-state index is -0.0582. The van der Waals surface area contributed by atoms with E-state index in [-0.39, 0.29) is 11.2 Å². The van der Waals surface area contributed by atoms with Gasteiger partial charge in [-0.25, -0.2) is 9.97 Å². The number of hydrogen-bond donors (Lipinski definition) is 1. The molecule has 30 heavy (non-hydrogen) atoms. The van der Waals surface area contributed by atoms with Crippen LogP contribution in [0.5, 0.6) is 5.75 Å². The van der Waals surface area contributed by atoms with Crippen LogP contribution in [0.4, 0.5) is 5.82 Å². The van der Waals surface area contributed by atoms with Gasteiger partial charge < -0.3 is 10.1 Å². The summed E-state index contributed by atoms with van der Waals surface area (Å²) in [6.07, 6.45) is 0.969. The highest BCUT2D eigenvalue weighted by molar-refractivity contribution is 8.00. The van der Waals surface area contributed by atoms with Crippen LogP contribution in [0.3, 0.4) is 0 Å². The van der Waals surface area contributed by atoms with Crippen molar-refractivity contribution < 1.29 is 9.53 Å². The van der Waals surface area contributed by atoms with E-state index in [0.29, 0.717) is 24.1 Å². The number of aromatic nitrogens is 4. The number of ether oxygens (including phenoxy) is 1. The molecular weight excluding hydrogens is 398 g/mol. The van der Waals surface area contributed by atoms with Crippen LogP contribution >= 0.6 is 11.8 Å². The van der Waals surface area contributed by atoms with Crippen LogP contribution in [-0.4, -0.2) is 38.0 Å². The summed E-state index contributed by atoms with van der Waals surface area (Å²) < 4.78 is 7.36. The molecule has 8 heteroatoms. The SMILES string of the molecule is CCCOc1ccc(C2SCC(=O)Nc3c2c(C)nn3-c2nc(C)cc(C)n2)cc1. The van der Waals surface area contributed by atoms with E-state index in [1.807, 2.05) is 39.0 Å². The fraction of sp³-hybridized carbons (Fsp3) is 0.364. The first-order chi connectivity index (χ1) is 14.5. The molecular formula is C22H25N5O2S. The number of rotatable bonds is 5. The number of anilines is 1. The quantitative estimate of drug-likeness (QED) is 0.664. The highest BCUT2D eigenvalue weighted by Gasteiger charge is 2.31. The lowest BCUT2D eigenvalue weighted by molar-refractivity contribution is -0.113. The molecule has 1 aromatic carbocycles. The van der Waals surface area contributed by atoms with Crippen molar-refractivity contribution in [3.05, 3.63) is 58.5 Å². The second-order valence-corrected chi connectivity index (χ2v) is 8.46. The summed E-state index contributed by atoms with van der Waals surface area (Å²) in [4.78, 5) is 21.6. The lowest BCUT2D eigenvalue weighted by atomic mass is 10.0. The Kier molecular flexibility index (Phi) is 5.76. The first kappa shape index (κ1) is 20.4. The van der Waals surface area contributed by atoms with E-state index in [9.17, 15) is 4.79 Å². The van der Waals surface area contributed by atoms with E-state index in [1.165, 1.54) is 0 Å². The van der Waals surface area contributed by atoms with Crippen molar-refractivity contribution in [3.63, 3.8) is 0 Å². The number of fused-ring (bicyclic) bond motifs is 1. The van der Waals surface area contributed by atoms with Crippen LogP contribution in [0.2, 0.25) is 0 Å². The van der Waals surface area contributed by atoms with Gasteiger partial charge in [0.25, 0.3) is 5.95 Å². The molecule has 1 N–H and O–H groups in total. The number of nitrogens with one attached hydrogen (secondary N) is 1. The first-order valence-corrected chi connectivity index (χ1v) is 11.1. The van der Waals surface area contributed by atoms with Crippen molar-refractivity contribution >= 4 is 23.5 Å². The molecule has 1 aliphatic heterocycles. The zero-order valence-corrected chi connectivity index (χ0v) is 18.4. The number of amides is 1. The molecule has 2 aromatic heterocycles. The number of carbonyl (C=O) groups is 1. The standard InChI is InChI=1S/C22H25N5O2S/c1-5-10-29-17-8-6-16(7-9-17)20-19-15(4)26-27(21(19)25-18(28)12-30-20)22-23-13(2)11-14(3)24-22/h6-9,11,20H,5,10,12H2,1-4H3,(H,25,28). The topological polar surface area (TPSA) is 81.9 Å². The van der Waals surface area contributed by atoms with Crippen LogP contribution < -0.4 is 10.1 Å². The Labute approximate surface area is 180 Å². The predicted molar refractivity (Wildman–Crippen MR) is 119 cm³/mol. The molecule has 4 rings (SSSR count). The fourth-order valence-corrected chi connectivity index (χ4v) is 4.74. The van der Waals surface area contributed by atoms with Gasteiger partial charge in [-0.3, -0.25) is 4.79 Å². The smallest absolute Gasteiger partial charge is 0.252 e. The maximum Gasteiger partial charge on any atom is 0.252 e. The molecule has 0 bridgehead atoms. The van der Waals surface area contributed by atoms with Crippen LogP contribution in [0.25, 0.3) is 5.95 Å². The molecule has 0 spiro atoms. The van der Waals surface area contributed by atoms with E-state index in [4.69, 9.17) is 9.84 Å². The number of hydrogen-bond acceptors (Lipinski definition) is 6. The van der Waals surface area contributed by atoms with Gasteiger partial charge in [-0.2, -0.15) is 9.78 Å². The van der Waals surface area contributed by atoms with Crippen molar-refractivity contribution in [2.24, 2.45) is 0 Å². The second-order valence-electron chi connectivity index (χ2n) is 7.37. The van der Waals surface area contributed by atoms with Crippen LogP contribution in [0.15, 0.2) is 30.3 Å². The molecule has 1 amide bonds. The van der Waals surface area contributed by atoms with Gasteiger partial charge in [-0.1, -0.05) is 19.1 Å². The maximum atomic E-state index is 12.5. The Bertz CT molecular complexity index is 1060. The molecule has 3 heterocycles. The Morgan fingerprint density at radius 1 is 1.17 bits per heavy atom. The van der Waals surface area contributed by atoms with Gasteiger partial charge in [-0.05, 0) is 51.0 Å². The average molecular weight is 424 g/mol. The van der Waals surface area contributed by atoms with E-state index < -0.39 is 0 Å². The molecule has 7 nitrogen and oxygen atoms in total. The van der Waals surface area contributed by atoms with E-state index in [2.05, 4.69) is 34.3 Å². The lowest BCUT2D eigenvalue weighted by Crippen LogP contribution is -2.17. The van der Waals surface area contributed by atoms with E-state index in [1.54, 1.807) is 16.4 Å². The normalized spacial score (nSPS) is 16.0. The first-order valence-electron chi connectivity index (χ1n) is 10.0. The largest absolute Gasteiger partial charge is 0.494 e. The zero-order chi connectivity index (χ0) is 21.3. The van der Waals surface area contributed by atoms with Crippen molar-refractivity contribution in [1.82, 2.24) is 19.7 Å². The molecule has 1 unspecified atom stereocenters. The van der Waals surface area contributed by atoms with Gasteiger partial charge in [0.1, 0.15) is 11.6 Å². The van der Waals surface area contributed by atoms with Crippen molar-refractivity contribution in [2.45, 2.75) is 39.4 Å². The minimum Gasteiger partial charge on any atom is -0.494 e. The summed E-state index contributed by atoms with van der Waals surface area (Å²) in [7, 11) is 0. The zero-order valence-electron chi connectivity index (χ0n) is 17.6. The number of nitrogens with zero attached hydrogens (tertiary/aromatic N) is 4. The number of carbonyl (C=O) groups excluding carboxylic acids is 1. The number of benzene rings is 1. The van der Waals surface area contributed by atoms with Crippen LogP contribution in [0, 0.1) is 20.8 Å². The molecule has 0 fully saturated rings. The second kappa shape index (κ2) is 8.47. The third-order valence-electron chi connectivity index (χ3n) is 4.82. The molecule has 0 radical (unpaired) electrons. The molecule has 0 saturated heterocycles. The van der Waals surface area contributed by atoms with Gasteiger partial charge in [0.05, 0.1) is 23.3 Å². The van der Waals surface area contributed by atoms with E-state index in [0.717, 1.165) is 40.4 Å². The Hall–Kier alpha value is -2.87. The molecule has 1 aliphatic rings. The summed E-state index contributed by atoms with van der Waals surface area (Å²) >= 11 is 1.59. The molecule has 3 aromatic rings. The van der Waals surface area contributed by atoms with Crippen molar-refractivity contribution in [2.75, 3.05) is 17.7 Å².